The van der Waals surface area contributed by atoms with Gasteiger partial charge in [0.25, 0.3) is 0 Å². The summed E-state index contributed by atoms with van der Waals surface area (Å²) in [5.41, 5.74) is 1.35. The van der Waals surface area contributed by atoms with Crippen molar-refractivity contribution in [3.63, 3.8) is 0 Å². The van der Waals surface area contributed by atoms with Crippen molar-refractivity contribution in [2.24, 2.45) is 5.92 Å². The number of nitrogens with zero attached hydrogens (tertiary/aromatic N) is 1. The monoisotopic (exact) mass is 276 g/mol. The summed E-state index contributed by atoms with van der Waals surface area (Å²) in [4.78, 5) is 2.42. The molecule has 3 nitrogen and oxygen atoms in total. The number of benzene rings is 1. The van der Waals surface area contributed by atoms with Crippen molar-refractivity contribution < 1.29 is 4.74 Å². The molecule has 0 aromatic heterocycles. The fourth-order valence-electron chi connectivity index (χ4n) is 3.27. The molecule has 2 atom stereocenters. The fraction of sp³-hybridized carbons (Fsp3) is 0.647. The standard InChI is InChI=1S/C17H28N2O/c1-18-17-6-4-5-15(17)11-12-19(2)13-14-7-9-16(20-3)10-8-14/h7-10,15,17-18H,4-6,11-13H2,1-3H3. The van der Waals surface area contributed by atoms with Crippen molar-refractivity contribution in [2.45, 2.75) is 38.3 Å². The summed E-state index contributed by atoms with van der Waals surface area (Å²) in [6.07, 6.45) is 5.43. The predicted octanol–water partition coefficient (Wildman–Crippen LogP) is 2.91. The topological polar surface area (TPSA) is 24.5 Å². The summed E-state index contributed by atoms with van der Waals surface area (Å²) in [5, 5.41) is 3.47. The van der Waals surface area contributed by atoms with E-state index in [1.807, 2.05) is 12.1 Å². The lowest BCUT2D eigenvalue weighted by Gasteiger charge is -2.23. The van der Waals surface area contributed by atoms with Gasteiger partial charge in [0.05, 0.1) is 7.11 Å². The lowest BCUT2D eigenvalue weighted by Crippen LogP contribution is -2.31. The van der Waals surface area contributed by atoms with Gasteiger partial charge >= 0.3 is 0 Å². The molecule has 1 aromatic rings. The van der Waals surface area contributed by atoms with Crippen LogP contribution in [0.2, 0.25) is 0 Å². The third-order valence-electron chi connectivity index (χ3n) is 4.52. The quantitative estimate of drug-likeness (QED) is 0.829. The van der Waals surface area contributed by atoms with E-state index in [1.54, 1.807) is 7.11 Å². The summed E-state index contributed by atoms with van der Waals surface area (Å²) in [5.74, 6) is 1.79. The second-order valence-electron chi connectivity index (χ2n) is 5.96. The molecule has 2 unspecified atom stereocenters. The SMILES string of the molecule is CNC1CCCC1CCN(C)Cc1ccc(OC)cc1. The normalized spacial score (nSPS) is 22.4. The van der Waals surface area contributed by atoms with Crippen LogP contribution in [0.4, 0.5) is 0 Å². The Morgan fingerprint density at radius 3 is 2.65 bits per heavy atom. The Hall–Kier alpha value is -1.06. The molecule has 0 bridgehead atoms. The van der Waals surface area contributed by atoms with Crippen LogP contribution >= 0.6 is 0 Å². The second-order valence-corrected chi connectivity index (χ2v) is 5.96. The highest BCUT2D eigenvalue weighted by Crippen LogP contribution is 2.28. The first-order valence-corrected chi connectivity index (χ1v) is 7.71. The number of hydrogen-bond acceptors (Lipinski definition) is 3. The van der Waals surface area contributed by atoms with E-state index < -0.39 is 0 Å². The van der Waals surface area contributed by atoms with Crippen LogP contribution in [-0.2, 0) is 6.54 Å². The molecule has 20 heavy (non-hydrogen) atoms. The fourth-order valence-corrected chi connectivity index (χ4v) is 3.27. The van der Waals surface area contributed by atoms with Crippen LogP contribution in [0.3, 0.4) is 0 Å². The predicted molar refractivity (Wildman–Crippen MR) is 84.1 cm³/mol. The molecule has 2 rings (SSSR count). The van der Waals surface area contributed by atoms with Crippen LogP contribution in [0.15, 0.2) is 24.3 Å². The summed E-state index contributed by atoms with van der Waals surface area (Å²) < 4.78 is 5.19. The molecule has 0 spiro atoms. The van der Waals surface area contributed by atoms with Gasteiger partial charge in [-0.1, -0.05) is 18.6 Å². The molecule has 1 aliphatic rings. The summed E-state index contributed by atoms with van der Waals surface area (Å²) >= 11 is 0. The first kappa shape index (κ1) is 15.3. The molecule has 1 aliphatic carbocycles. The Bertz CT molecular complexity index is 390. The van der Waals surface area contributed by atoms with Crippen molar-refractivity contribution in [1.29, 1.82) is 0 Å². The average Bonchev–Trinajstić information content (AvgIpc) is 2.93. The summed E-state index contributed by atoms with van der Waals surface area (Å²) in [6, 6.07) is 9.13. The molecule has 0 aliphatic heterocycles. The largest absolute Gasteiger partial charge is 0.497 e. The molecule has 0 radical (unpaired) electrons. The number of ether oxygens (including phenoxy) is 1. The second kappa shape index (κ2) is 7.65. The van der Waals surface area contributed by atoms with Gasteiger partial charge in [0, 0.05) is 12.6 Å². The molecule has 3 heteroatoms. The molecule has 0 amide bonds. The Morgan fingerprint density at radius 2 is 2.00 bits per heavy atom. The van der Waals surface area contributed by atoms with Gasteiger partial charge in [-0.3, -0.25) is 0 Å². The first-order valence-electron chi connectivity index (χ1n) is 7.71. The van der Waals surface area contributed by atoms with Crippen LogP contribution in [0.5, 0.6) is 5.75 Å². The Morgan fingerprint density at radius 1 is 1.25 bits per heavy atom. The van der Waals surface area contributed by atoms with Crippen molar-refractivity contribution >= 4 is 0 Å². The molecule has 1 fully saturated rings. The molecular formula is C17H28N2O. The lowest BCUT2D eigenvalue weighted by atomic mass is 9.99. The van der Waals surface area contributed by atoms with Crippen LogP contribution in [0.1, 0.15) is 31.2 Å². The highest BCUT2D eigenvalue weighted by molar-refractivity contribution is 5.27. The first-order chi connectivity index (χ1) is 9.72. The van der Waals surface area contributed by atoms with Gasteiger partial charge in [-0.05, 0) is 63.5 Å². The minimum Gasteiger partial charge on any atom is -0.497 e. The van der Waals surface area contributed by atoms with Crippen LogP contribution < -0.4 is 10.1 Å². The summed E-state index contributed by atoms with van der Waals surface area (Å²) in [7, 11) is 6.03. The van der Waals surface area contributed by atoms with Crippen LogP contribution in [-0.4, -0.2) is 38.7 Å². The Kier molecular flexibility index (Phi) is 5.86. The minimum absolute atomic E-state index is 0.740. The smallest absolute Gasteiger partial charge is 0.118 e. The van der Waals surface area contributed by atoms with Crippen molar-refractivity contribution in [3.8, 4) is 5.75 Å². The zero-order valence-corrected chi connectivity index (χ0v) is 13.1. The van der Waals surface area contributed by atoms with Gasteiger partial charge in [0.2, 0.25) is 0 Å². The zero-order valence-electron chi connectivity index (χ0n) is 13.1. The van der Waals surface area contributed by atoms with Crippen LogP contribution in [0, 0.1) is 5.92 Å². The molecule has 1 N–H and O–H groups in total. The molecule has 1 saturated carbocycles. The Balaban J connectivity index is 1.75. The van der Waals surface area contributed by atoms with E-state index in [4.69, 9.17) is 4.74 Å². The molecule has 1 aromatic carbocycles. The van der Waals surface area contributed by atoms with E-state index in [0.29, 0.717) is 0 Å². The van der Waals surface area contributed by atoms with E-state index in [-0.39, 0.29) is 0 Å². The third-order valence-corrected chi connectivity index (χ3v) is 4.52. The molecule has 112 valence electrons. The highest BCUT2D eigenvalue weighted by atomic mass is 16.5. The van der Waals surface area contributed by atoms with E-state index in [1.165, 1.54) is 37.8 Å². The van der Waals surface area contributed by atoms with Crippen LogP contribution in [0.25, 0.3) is 0 Å². The van der Waals surface area contributed by atoms with Crippen molar-refractivity contribution in [2.75, 3.05) is 27.7 Å². The number of methoxy groups -OCH3 is 1. The van der Waals surface area contributed by atoms with E-state index in [0.717, 1.165) is 24.3 Å². The maximum atomic E-state index is 5.19. The average molecular weight is 276 g/mol. The number of nitrogens with one attached hydrogen (secondary N) is 1. The Labute approximate surface area is 123 Å². The molecule has 0 saturated heterocycles. The van der Waals surface area contributed by atoms with E-state index in [9.17, 15) is 0 Å². The van der Waals surface area contributed by atoms with Crippen molar-refractivity contribution in [3.05, 3.63) is 29.8 Å². The molecule has 0 heterocycles. The zero-order chi connectivity index (χ0) is 14.4. The van der Waals surface area contributed by atoms with E-state index >= 15 is 0 Å². The maximum absolute atomic E-state index is 5.19. The maximum Gasteiger partial charge on any atom is 0.118 e. The van der Waals surface area contributed by atoms with Gasteiger partial charge < -0.3 is 15.0 Å². The minimum atomic E-state index is 0.740. The van der Waals surface area contributed by atoms with Gasteiger partial charge in [-0.25, -0.2) is 0 Å². The third kappa shape index (κ3) is 4.22. The number of hydrogen-bond donors (Lipinski definition) is 1. The highest BCUT2D eigenvalue weighted by Gasteiger charge is 2.25. The molecular weight excluding hydrogens is 248 g/mol. The number of rotatable bonds is 7. The summed E-state index contributed by atoms with van der Waals surface area (Å²) in [6.45, 7) is 2.19. The van der Waals surface area contributed by atoms with Gasteiger partial charge in [-0.15, -0.1) is 0 Å². The van der Waals surface area contributed by atoms with E-state index in [2.05, 4.69) is 36.4 Å². The van der Waals surface area contributed by atoms with Gasteiger partial charge in [-0.2, -0.15) is 0 Å². The van der Waals surface area contributed by atoms with Gasteiger partial charge in [0.15, 0.2) is 0 Å². The van der Waals surface area contributed by atoms with Gasteiger partial charge in [0.1, 0.15) is 5.75 Å². The van der Waals surface area contributed by atoms with Crippen molar-refractivity contribution in [1.82, 2.24) is 10.2 Å². The lowest BCUT2D eigenvalue weighted by molar-refractivity contribution is 0.278.